The SMILES string of the molecule is CCc1ccccc1NC(=O)CSc1nc(C)c(CCO)c(=O)[nH]1. The predicted octanol–water partition coefficient (Wildman–Crippen LogP) is 1.91. The third-order valence-corrected chi connectivity index (χ3v) is 4.45. The first-order valence-electron chi connectivity index (χ1n) is 7.76. The van der Waals surface area contributed by atoms with Crippen molar-refractivity contribution in [1.82, 2.24) is 9.97 Å². The molecule has 128 valence electrons. The molecule has 3 N–H and O–H groups in total. The highest BCUT2D eigenvalue weighted by Crippen LogP contribution is 2.17. The summed E-state index contributed by atoms with van der Waals surface area (Å²) in [7, 11) is 0. The standard InChI is InChI=1S/C17H21N3O3S/c1-3-12-6-4-5-7-14(12)19-15(22)10-24-17-18-11(2)13(8-9-21)16(23)20-17/h4-7,21H,3,8-10H2,1-2H3,(H,19,22)(H,18,20,23). The molecule has 0 bridgehead atoms. The highest BCUT2D eigenvalue weighted by atomic mass is 32.2. The lowest BCUT2D eigenvalue weighted by Crippen LogP contribution is -2.20. The lowest BCUT2D eigenvalue weighted by atomic mass is 10.1. The fourth-order valence-electron chi connectivity index (χ4n) is 2.33. The minimum atomic E-state index is -0.268. The zero-order valence-corrected chi connectivity index (χ0v) is 14.6. The Morgan fingerprint density at radius 2 is 2.12 bits per heavy atom. The van der Waals surface area contributed by atoms with Gasteiger partial charge < -0.3 is 15.4 Å². The first-order valence-corrected chi connectivity index (χ1v) is 8.75. The van der Waals surface area contributed by atoms with Crippen LogP contribution in [0.3, 0.4) is 0 Å². The molecule has 0 saturated carbocycles. The number of aromatic nitrogens is 2. The third kappa shape index (κ3) is 4.69. The van der Waals surface area contributed by atoms with Gasteiger partial charge in [-0.25, -0.2) is 4.98 Å². The Bertz CT molecular complexity index is 774. The van der Waals surface area contributed by atoms with Gasteiger partial charge >= 0.3 is 0 Å². The van der Waals surface area contributed by atoms with Crippen LogP contribution in [0.2, 0.25) is 0 Å². The van der Waals surface area contributed by atoms with Crippen LogP contribution >= 0.6 is 11.8 Å². The van der Waals surface area contributed by atoms with E-state index < -0.39 is 0 Å². The number of thioether (sulfide) groups is 1. The van der Waals surface area contributed by atoms with Crippen molar-refractivity contribution < 1.29 is 9.90 Å². The van der Waals surface area contributed by atoms with Crippen molar-refractivity contribution in [3.8, 4) is 0 Å². The van der Waals surface area contributed by atoms with E-state index in [4.69, 9.17) is 5.11 Å². The third-order valence-electron chi connectivity index (χ3n) is 3.57. The van der Waals surface area contributed by atoms with Gasteiger partial charge in [0, 0.05) is 30.0 Å². The van der Waals surface area contributed by atoms with Gasteiger partial charge in [0.25, 0.3) is 5.56 Å². The van der Waals surface area contributed by atoms with Gasteiger partial charge in [0.2, 0.25) is 5.91 Å². The Balaban J connectivity index is 2.00. The number of hydrogen-bond donors (Lipinski definition) is 3. The summed E-state index contributed by atoms with van der Waals surface area (Å²) < 4.78 is 0. The molecular weight excluding hydrogens is 326 g/mol. The van der Waals surface area contributed by atoms with E-state index >= 15 is 0 Å². The fourth-order valence-corrected chi connectivity index (χ4v) is 3.04. The molecule has 1 aromatic heterocycles. The molecule has 0 aliphatic heterocycles. The van der Waals surface area contributed by atoms with E-state index in [0.29, 0.717) is 16.4 Å². The van der Waals surface area contributed by atoms with Crippen molar-refractivity contribution in [2.45, 2.75) is 31.8 Å². The second kappa shape index (κ2) is 8.65. The van der Waals surface area contributed by atoms with Crippen molar-refractivity contribution >= 4 is 23.4 Å². The molecule has 0 aliphatic carbocycles. The maximum absolute atomic E-state index is 12.1. The summed E-state index contributed by atoms with van der Waals surface area (Å²) in [5, 5.41) is 12.2. The van der Waals surface area contributed by atoms with Crippen molar-refractivity contribution in [2.75, 3.05) is 17.7 Å². The molecule has 0 fully saturated rings. The highest BCUT2D eigenvalue weighted by molar-refractivity contribution is 7.99. The van der Waals surface area contributed by atoms with E-state index in [9.17, 15) is 9.59 Å². The number of aliphatic hydroxyl groups excluding tert-OH is 1. The number of aliphatic hydroxyl groups is 1. The van der Waals surface area contributed by atoms with E-state index in [-0.39, 0.29) is 30.2 Å². The summed E-state index contributed by atoms with van der Waals surface area (Å²) in [5.41, 5.74) is 2.67. The average molecular weight is 347 g/mol. The number of benzene rings is 1. The zero-order chi connectivity index (χ0) is 17.5. The second-order valence-corrected chi connectivity index (χ2v) is 6.22. The molecule has 0 unspecified atom stereocenters. The lowest BCUT2D eigenvalue weighted by molar-refractivity contribution is -0.113. The van der Waals surface area contributed by atoms with Gasteiger partial charge in [-0.05, 0) is 25.0 Å². The molecule has 1 aromatic carbocycles. The first-order chi connectivity index (χ1) is 11.5. The van der Waals surface area contributed by atoms with Crippen LogP contribution in [0, 0.1) is 6.92 Å². The summed E-state index contributed by atoms with van der Waals surface area (Å²) in [6.07, 6.45) is 1.11. The molecule has 0 radical (unpaired) electrons. The van der Waals surface area contributed by atoms with Gasteiger partial charge in [-0.3, -0.25) is 9.59 Å². The maximum Gasteiger partial charge on any atom is 0.255 e. The Hall–Kier alpha value is -2.12. The fraction of sp³-hybridized carbons (Fsp3) is 0.353. The molecule has 0 aliphatic rings. The molecule has 2 aromatic rings. The molecule has 24 heavy (non-hydrogen) atoms. The largest absolute Gasteiger partial charge is 0.396 e. The van der Waals surface area contributed by atoms with Crippen LogP contribution in [0.5, 0.6) is 0 Å². The average Bonchev–Trinajstić information content (AvgIpc) is 2.57. The minimum absolute atomic E-state index is 0.0999. The van der Waals surface area contributed by atoms with Crippen LogP contribution in [0.4, 0.5) is 5.69 Å². The molecule has 7 heteroatoms. The van der Waals surface area contributed by atoms with Crippen LogP contribution in [0.25, 0.3) is 0 Å². The van der Waals surface area contributed by atoms with E-state index in [2.05, 4.69) is 15.3 Å². The summed E-state index contributed by atoms with van der Waals surface area (Å²) in [6, 6.07) is 7.67. The van der Waals surface area contributed by atoms with Crippen molar-refractivity contribution in [1.29, 1.82) is 0 Å². The number of carbonyl (C=O) groups is 1. The highest BCUT2D eigenvalue weighted by Gasteiger charge is 2.11. The van der Waals surface area contributed by atoms with Crippen molar-refractivity contribution in [3.63, 3.8) is 0 Å². The zero-order valence-electron chi connectivity index (χ0n) is 13.8. The number of aryl methyl sites for hydroxylation is 2. The topological polar surface area (TPSA) is 95.1 Å². The number of hydrogen-bond acceptors (Lipinski definition) is 5. The number of H-pyrrole nitrogens is 1. The van der Waals surface area contributed by atoms with Gasteiger partial charge in [-0.15, -0.1) is 0 Å². The number of nitrogens with zero attached hydrogens (tertiary/aromatic N) is 1. The minimum Gasteiger partial charge on any atom is -0.396 e. The van der Waals surface area contributed by atoms with Crippen LogP contribution in [-0.4, -0.2) is 33.3 Å². The molecule has 0 spiro atoms. The molecule has 0 atom stereocenters. The maximum atomic E-state index is 12.1. The molecule has 6 nitrogen and oxygen atoms in total. The van der Waals surface area contributed by atoms with Gasteiger partial charge in [-0.2, -0.15) is 0 Å². The summed E-state index contributed by atoms with van der Waals surface area (Å²) >= 11 is 1.18. The van der Waals surface area contributed by atoms with Crippen LogP contribution in [0.15, 0.2) is 34.2 Å². The van der Waals surface area contributed by atoms with Crippen LogP contribution in [-0.2, 0) is 17.6 Å². The predicted molar refractivity (Wildman–Crippen MR) is 95.6 cm³/mol. The normalized spacial score (nSPS) is 10.6. The molecule has 1 heterocycles. The molecule has 1 amide bonds. The van der Waals surface area contributed by atoms with E-state index in [1.807, 2.05) is 31.2 Å². The summed E-state index contributed by atoms with van der Waals surface area (Å²) in [4.78, 5) is 31.0. The van der Waals surface area contributed by atoms with Crippen LogP contribution in [0.1, 0.15) is 23.7 Å². The second-order valence-electron chi connectivity index (χ2n) is 5.26. The van der Waals surface area contributed by atoms with E-state index in [0.717, 1.165) is 17.7 Å². The summed E-state index contributed by atoms with van der Waals surface area (Å²) in [6.45, 7) is 3.66. The quantitative estimate of drug-likeness (QED) is 0.525. The number of para-hydroxylation sites is 1. The smallest absolute Gasteiger partial charge is 0.255 e. The molecule has 0 saturated heterocycles. The molecular formula is C17H21N3O3S. The number of anilines is 1. The van der Waals surface area contributed by atoms with Gasteiger partial charge in [0.15, 0.2) is 5.16 Å². The Labute approximate surface area is 144 Å². The summed E-state index contributed by atoms with van der Waals surface area (Å²) in [5.74, 6) is 0.000367. The van der Waals surface area contributed by atoms with Crippen molar-refractivity contribution in [3.05, 3.63) is 51.4 Å². The Morgan fingerprint density at radius 3 is 2.79 bits per heavy atom. The first kappa shape index (κ1) is 18.2. The Kier molecular flexibility index (Phi) is 6.57. The number of nitrogens with one attached hydrogen (secondary N) is 2. The number of amides is 1. The van der Waals surface area contributed by atoms with E-state index in [1.165, 1.54) is 11.8 Å². The van der Waals surface area contributed by atoms with Gasteiger partial charge in [0.1, 0.15) is 0 Å². The number of carbonyl (C=O) groups excluding carboxylic acids is 1. The van der Waals surface area contributed by atoms with Crippen LogP contribution < -0.4 is 10.9 Å². The monoisotopic (exact) mass is 347 g/mol. The number of rotatable bonds is 7. The molecule has 2 rings (SSSR count). The van der Waals surface area contributed by atoms with E-state index in [1.54, 1.807) is 6.92 Å². The van der Waals surface area contributed by atoms with Crippen molar-refractivity contribution in [2.24, 2.45) is 0 Å². The van der Waals surface area contributed by atoms with Gasteiger partial charge in [0.05, 0.1) is 5.75 Å². The lowest BCUT2D eigenvalue weighted by Gasteiger charge is -2.09. The van der Waals surface area contributed by atoms with Gasteiger partial charge in [-0.1, -0.05) is 36.9 Å². The Morgan fingerprint density at radius 1 is 1.38 bits per heavy atom. The number of aromatic amines is 1.